The molecule has 0 atom stereocenters. The number of benzene rings is 2. The Balaban J connectivity index is 2.08. The highest BCUT2D eigenvalue weighted by molar-refractivity contribution is 5.88. The van der Waals surface area contributed by atoms with Crippen LogP contribution in [0.3, 0.4) is 0 Å². The van der Waals surface area contributed by atoms with E-state index in [4.69, 9.17) is 10.6 Å². The van der Waals surface area contributed by atoms with E-state index in [2.05, 4.69) is 21.5 Å². The molecular formula is C15H14N4O. The fraction of sp³-hybridized carbons (Fsp3) is 0.0667. The van der Waals surface area contributed by atoms with Crippen LogP contribution in [0.2, 0.25) is 0 Å². The average molecular weight is 266 g/mol. The first kappa shape index (κ1) is 12.4. The minimum atomic E-state index is 0.400. The molecule has 5 heteroatoms. The molecule has 5 nitrogen and oxygen atoms in total. The van der Waals surface area contributed by atoms with Gasteiger partial charge in [-0.05, 0) is 35.0 Å². The van der Waals surface area contributed by atoms with Gasteiger partial charge in [-0.2, -0.15) is 0 Å². The molecule has 0 radical (unpaired) electrons. The Hall–Kier alpha value is -2.66. The smallest absolute Gasteiger partial charge is 0.237 e. The molecule has 100 valence electrons. The van der Waals surface area contributed by atoms with Crippen LogP contribution in [0.4, 0.5) is 5.95 Å². The van der Waals surface area contributed by atoms with E-state index in [1.54, 1.807) is 13.3 Å². The summed E-state index contributed by atoms with van der Waals surface area (Å²) in [4.78, 5) is 8.33. The van der Waals surface area contributed by atoms with Crippen LogP contribution in [-0.2, 0) is 0 Å². The number of aromatic nitrogens is 2. The van der Waals surface area contributed by atoms with Crippen LogP contribution in [0, 0.1) is 0 Å². The van der Waals surface area contributed by atoms with Crippen molar-refractivity contribution in [2.75, 3.05) is 12.5 Å². The van der Waals surface area contributed by atoms with Gasteiger partial charge in [-0.15, -0.1) is 0 Å². The molecule has 20 heavy (non-hydrogen) atoms. The minimum Gasteiger partial charge on any atom is -0.497 e. The lowest BCUT2D eigenvalue weighted by molar-refractivity contribution is 0.415. The molecular weight excluding hydrogens is 252 g/mol. The third-order valence-corrected chi connectivity index (χ3v) is 3.13. The maximum atomic E-state index is 5.33. The molecule has 0 amide bonds. The fourth-order valence-electron chi connectivity index (χ4n) is 2.10. The summed E-state index contributed by atoms with van der Waals surface area (Å²) >= 11 is 0. The van der Waals surface area contributed by atoms with Crippen molar-refractivity contribution in [1.82, 2.24) is 9.97 Å². The van der Waals surface area contributed by atoms with Crippen LogP contribution < -0.4 is 16.0 Å². The minimum absolute atomic E-state index is 0.400. The number of rotatable bonds is 3. The number of nitrogens with two attached hydrogens (primary N) is 1. The molecule has 0 aliphatic carbocycles. The maximum Gasteiger partial charge on any atom is 0.237 e. The van der Waals surface area contributed by atoms with E-state index in [0.717, 1.165) is 27.8 Å². The van der Waals surface area contributed by atoms with Crippen LogP contribution in [0.1, 0.15) is 0 Å². The van der Waals surface area contributed by atoms with Gasteiger partial charge in [0.2, 0.25) is 5.95 Å². The lowest BCUT2D eigenvalue weighted by Gasteiger charge is -2.06. The summed E-state index contributed by atoms with van der Waals surface area (Å²) < 4.78 is 5.22. The van der Waals surface area contributed by atoms with E-state index in [0.29, 0.717) is 5.95 Å². The Kier molecular flexibility index (Phi) is 3.18. The summed E-state index contributed by atoms with van der Waals surface area (Å²) in [6.45, 7) is 0. The molecule has 0 saturated heterocycles. The summed E-state index contributed by atoms with van der Waals surface area (Å²) in [5.41, 5.74) is 4.29. The van der Waals surface area contributed by atoms with Crippen LogP contribution in [-0.4, -0.2) is 17.1 Å². The number of hydrazine groups is 1. The van der Waals surface area contributed by atoms with Gasteiger partial charge in [0.1, 0.15) is 5.75 Å². The van der Waals surface area contributed by atoms with Gasteiger partial charge in [0, 0.05) is 11.8 Å². The Morgan fingerprint density at radius 1 is 1.05 bits per heavy atom. The van der Waals surface area contributed by atoms with Gasteiger partial charge in [-0.25, -0.2) is 15.8 Å². The number of nitrogens with one attached hydrogen (secondary N) is 1. The van der Waals surface area contributed by atoms with Crippen molar-refractivity contribution >= 4 is 16.7 Å². The van der Waals surface area contributed by atoms with E-state index >= 15 is 0 Å². The summed E-state index contributed by atoms with van der Waals surface area (Å²) in [5.74, 6) is 6.58. The molecule has 0 unspecified atom stereocenters. The van der Waals surface area contributed by atoms with E-state index in [-0.39, 0.29) is 0 Å². The lowest BCUT2D eigenvalue weighted by atomic mass is 10.0. The highest BCUT2D eigenvalue weighted by Gasteiger charge is 2.03. The molecule has 1 aromatic heterocycles. The topological polar surface area (TPSA) is 73.1 Å². The number of nitrogen functional groups attached to an aromatic ring is 1. The summed E-state index contributed by atoms with van der Waals surface area (Å²) in [5, 5.41) is 2.25. The first-order valence-corrected chi connectivity index (χ1v) is 6.18. The summed E-state index contributed by atoms with van der Waals surface area (Å²) in [6.07, 6.45) is 1.68. The SMILES string of the molecule is COc1ccc2cc(-c3ccnc(NN)n3)ccc2c1. The van der Waals surface area contributed by atoms with Crippen LogP contribution >= 0.6 is 0 Å². The van der Waals surface area contributed by atoms with Crippen molar-refractivity contribution in [3.63, 3.8) is 0 Å². The number of anilines is 1. The van der Waals surface area contributed by atoms with E-state index in [1.165, 1.54) is 0 Å². The zero-order valence-corrected chi connectivity index (χ0v) is 11.0. The van der Waals surface area contributed by atoms with Gasteiger partial charge in [-0.1, -0.05) is 18.2 Å². The molecule has 0 saturated carbocycles. The Labute approximate surface area is 116 Å². The molecule has 1 heterocycles. The highest BCUT2D eigenvalue weighted by atomic mass is 16.5. The zero-order chi connectivity index (χ0) is 13.9. The molecule has 3 N–H and O–H groups in total. The standard InChI is InChI=1S/C15H14N4O/c1-20-13-5-4-10-8-12(3-2-11(10)9-13)14-6-7-17-15(18-14)19-16/h2-9H,16H2,1H3,(H,17,18,19). The molecule has 2 aromatic carbocycles. The number of hydrogen-bond acceptors (Lipinski definition) is 5. The molecule has 0 fully saturated rings. The van der Waals surface area contributed by atoms with Gasteiger partial charge in [0.05, 0.1) is 12.8 Å². The van der Waals surface area contributed by atoms with Gasteiger partial charge < -0.3 is 4.74 Å². The third-order valence-electron chi connectivity index (χ3n) is 3.13. The van der Waals surface area contributed by atoms with Crippen molar-refractivity contribution in [2.24, 2.45) is 5.84 Å². The van der Waals surface area contributed by atoms with Gasteiger partial charge >= 0.3 is 0 Å². The molecule has 3 rings (SSSR count). The van der Waals surface area contributed by atoms with Gasteiger partial charge in [-0.3, -0.25) is 5.43 Å². The Bertz CT molecular complexity index is 758. The first-order valence-electron chi connectivity index (χ1n) is 6.18. The monoisotopic (exact) mass is 266 g/mol. The molecule has 0 aliphatic rings. The first-order chi connectivity index (χ1) is 9.80. The van der Waals surface area contributed by atoms with Gasteiger partial charge in [0.25, 0.3) is 0 Å². The van der Waals surface area contributed by atoms with Crippen LogP contribution in [0.25, 0.3) is 22.0 Å². The molecule has 0 bridgehead atoms. The Morgan fingerprint density at radius 3 is 2.65 bits per heavy atom. The van der Waals surface area contributed by atoms with E-state index in [1.807, 2.05) is 36.4 Å². The third kappa shape index (κ3) is 2.26. The van der Waals surface area contributed by atoms with E-state index < -0.39 is 0 Å². The predicted octanol–water partition coefficient (Wildman–Crippen LogP) is 2.59. The number of nitrogens with zero attached hydrogens (tertiary/aromatic N) is 2. The molecule has 0 aliphatic heterocycles. The van der Waals surface area contributed by atoms with Crippen molar-refractivity contribution < 1.29 is 4.74 Å². The normalized spacial score (nSPS) is 10.5. The largest absolute Gasteiger partial charge is 0.497 e. The number of hydrogen-bond donors (Lipinski definition) is 2. The van der Waals surface area contributed by atoms with Crippen molar-refractivity contribution in [3.05, 3.63) is 48.7 Å². The van der Waals surface area contributed by atoms with Crippen LogP contribution in [0.15, 0.2) is 48.7 Å². The second kappa shape index (κ2) is 5.14. The fourth-order valence-corrected chi connectivity index (χ4v) is 2.10. The highest BCUT2D eigenvalue weighted by Crippen LogP contribution is 2.26. The van der Waals surface area contributed by atoms with Crippen LogP contribution in [0.5, 0.6) is 5.75 Å². The second-order valence-corrected chi connectivity index (χ2v) is 4.34. The average Bonchev–Trinajstić information content (AvgIpc) is 2.54. The zero-order valence-electron chi connectivity index (χ0n) is 11.0. The van der Waals surface area contributed by atoms with Crippen molar-refractivity contribution in [2.45, 2.75) is 0 Å². The van der Waals surface area contributed by atoms with Crippen molar-refractivity contribution in [1.29, 1.82) is 0 Å². The number of methoxy groups -OCH3 is 1. The Morgan fingerprint density at radius 2 is 1.85 bits per heavy atom. The molecule has 0 spiro atoms. The van der Waals surface area contributed by atoms with Crippen molar-refractivity contribution in [3.8, 4) is 17.0 Å². The predicted molar refractivity (Wildman–Crippen MR) is 79.3 cm³/mol. The lowest BCUT2D eigenvalue weighted by Crippen LogP contribution is -2.10. The quantitative estimate of drug-likeness (QED) is 0.563. The number of ether oxygens (including phenoxy) is 1. The molecule has 3 aromatic rings. The second-order valence-electron chi connectivity index (χ2n) is 4.34. The summed E-state index contributed by atoms with van der Waals surface area (Å²) in [7, 11) is 1.66. The van der Waals surface area contributed by atoms with E-state index in [9.17, 15) is 0 Å². The number of fused-ring (bicyclic) bond motifs is 1. The maximum absolute atomic E-state index is 5.33. The van der Waals surface area contributed by atoms with Gasteiger partial charge in [0.15, 0.2) is 0 Å². The summed E-state index contributed by atoms with van der Waals surface area (Å²) in [6, 6.07) is 14.0.